The Kier molecular flexibility index (Phi) is 5.35. The van der Waals surface area contributed by atoms with Crippen LogP contribution >= 0.6 is 0 Å². The van der Waals surface area contributed by atoms with Crippen LogP contribution in [0.15, 0.2) is 54.6 Å². The lowest BCUT2D eigenvalue weighted by Crippen LogP contribution is -2.51. The number of benzene rings is 2. The second-order valence-electron chi connectivity index (χ2n) is 7.59. The Morgan fingerprint density at radius 1 is 0.846 bits per heavy atom. The highest BCUT2D eigenvalue weighted by molar-refractivity contribution is 5.95. The van der Waals surface area contributed by atoms with Crippen molar-refractivity contribution in [2.24, 2.45) is 0 Å². The summed E-state index contributed by atoms with van der Waals surface area (Å²) in [5.41, 5.74) is 3.24. The van der Waals surface area contributed by atoms with Gasteiger partial charge in [0, 0.05) is 37.8 Å². The SMILES string of the molecule is O=C(c1ccccc1Cc1ccccc1)N1CCN(C2CCCC2)CC1. The molecule has 4 rings (SSSR count). The third kappa shape index (κ3) is 3.83. The van der Waals surface area contributed by atoms with Crippen molar-refractivity contribution in [2.75, 3.05) is 26.2 Å². The van der Waals surface area contributed by atoms with Gasteiger partial charge in [0.1, 0.15) is 0 Å². The first-order chi connectivity index (χ1) is 12.8. The average molecular weight is 348 g/mol. The molecule has 1 heterocycles. The van der Waals surface area contributed by atoms with Crippen LogP contribution in [0.4, 0.5) is 0 Å². The van der Waals surface area contributed by atoms with Crippen LogP contribution in [0.25, 0.3) is 0 Å². The highest BCUT2D eigenvalue weighted by Crippen LogP contribution is 2.25. The maximum absolute atomic E-state index is 13.1. The summed E-state index contributed by atoms with van der Waals surface area (Å²) in [7, 11) is 0. The molecule has 0 atom stereocenters. The fourth-order valence-corrected chi connectivity index (χ4v) is 4.43. The Hall–Kier alpha value is -2.13. The molecule has 2 aromatic rings. The first-order valence-corrected chi connectivity index (χ1v) is 9.96. The molecule has 0 bridgehead atoms. The highest BCUT2D eigenvalue weighted by atomic mass is 16.2. The maximum atomic E-state index is 13.1. The van der Waals surface area contributed by atoms with Gasteiger partial charge in [-0.1, -0.05) is 61.4 Å². The van der Waals surface area contributed by atoms with Crippen LogP contribution in [-0.4, -0.2) is 47.9 Å². The van der Waals surface area contributed by atoms with Crippen molar-refractivity contribution in [3.8, 4) is 0 Å². The van der Waals surface area contributed by atoms with E-state index in [4.69, 9.17) is 0 Å². The van der Waals surface area contributed by atoms with Gasteiger partial charge in [-0.25, -0.2) is 0 Å². The van der Waals surface area contributed by atoms with Gasteiger partial charge in [0.2, 0.25) is 0 Å². The van der Waals surface area contributed by atoms with Crippen LogP contribution in [0.3, 0.4) is 0 Å². The van der Waals surface area contributed by atoms with E-state index in [1.54, 1.807) is 0 Å². The Morgan fingerprint density at radius 3 is 2.23 bits per heavy atom. The number of nitrogens with zero attached hydrogens (tertiary/aromatic N) is 2. The van der Waals surface area contributed by atoms with E-state index < -0.39 is 0 Å². The molecular formula is C23H28N2O. The summed E-state index contributed by atoms with van der Waals surface area (Å²) in [5.74, 6) is 0.197. The van der Waals surface area contributed by atoms with Crippen molar-refractivity contribution in [1.29, 1.82) is 0 Å². The Labute approximate surface area is 156 Å². The highest BCUT2D eigenvalue weighted by Gasteiger charge is 2.28. The van der Waals surface area contributed by atoms with Crippen molar-refractivity contribution in [2.45, 2.75) is 38.1 Å². The molecule has 0 aromatic heterocycles. The zero-order valence-corrected chi connectivity index (χ0v) is 15.4. The van der Waals surface area contributed by atoms with E-state index >= 15 is 0 Å². The molecule has 2 aromatic carbocycles. The Balaban J connectivity index is 1.43. The first kappa shape index (κ1) is 17.3. The molecule has 1 saturated carbocycles. The van der Waals surface area contributed by atoms with Gasteiger partial charge in [-0.2, -0.15) is 0 Å². The molecule has 1 saturated heterocycles. The van der Waals surface area contributed by atoms with Crippen LogP contribution < -0.4 is 0 Å². The van der Waals surface area contributed by atoms with Crippen molar-refractivity contribution in [1.82, 2.24) is 9.80 Å². The molecule has 26 heavy (non-hydrogen) atoms. The summed E-state index contributed by atoms with van der Waals surface area (Å²) in [4.78, 5) is 17.8. The van der Waals surface area contributed by atoms with Gasteiger partial charge in [0.05, 0.1) is 0 Å². The summed E-state index contributed by atoms with van der Waals surface area (Å²) in [6.07, 6.45) is 6.24. The van der Waals surface area contributed by atoms with Crippen molar-refractivity contribution < 1.29 is 4.79 Å². The normalized spacial score (nSPS) is 19.0. The fourth-order valence-electron chi connectivity index (χ4n) is 4.43. The van der Waals surface area contributed by atoms with E-state index in [-0.39, 0.29) is 5.91 Å². The van der Waals surface area contributed by atoms with E-state index in [0.29, 0.717) is 0 Å². The zero-order valence-electron chi connectivity index (χ0n) is 15.4. The minimum Gasteiger partial charge on any atom is -0.336 e. The summed E-state index contributed by atoms with van der Waals surface area (Å²) in [6, 6.07) is 19.3. The fraction of sp³-hybridized carbons (Fsp3) is 0.435. The molecule has 0 spiro atoms. The summed E-state index contributed by atoms with van der Waals surface area (Å²) in [5, 5.41) is 0. The lowest BCUT2D eigenvalue weighted by Gasteiger charge is -2.38. The lowest BCUT2D eigenvalue weighted by atomic mass is 9.98. The Morgan fingerprint density at radius 2 is 1.50 bits per heavy atom. The van der Waals surface area contributed by atoms with Gasteiger partial charge in [-0.3, -0.25) is 9.69 Å². The summed E-state index contributed by atoms with van der Waals surface area (Å²) >= 11 is 0. The quantitative estimate of drug-likeness (QED) is 0.834. The predicted octanol–water partition coefficient (Wildman–Crippen LogP) is 3.98. The molecule has 2 fully saturated rings. The van der Waals surface area contributed by atoms with Crippen LogP contribution in [0.5, 0.6) is 0 Å². The molecular weight excluding hydrogens is 320 g/mol. The number of carbonyl (C=O) groups excluding carboxylic acids is 1. The van der Waals surface area contributed by atoms with Gasteiger partial charge in [0.15, 0.2) is 0 Å². The molecule has 2 aliphatic rings. The molecule has 0 unspecified atom stereocenters. The number of hydrogen-bond acceptors (Lipinski definition) is 2. The predicted molar refractivity (Wildman–Crippen MR) is 105 cm³/mol. The monoisotopic (exact) mass is 348 g/mol. The van der Waals surface area contributed by atoms with Crippen LogP contribution in [-0.2, 0) is 6.42 Å². The zero-order chi connectivity index (χ0) is 17.8. The number of hydrogen-bond donors (Lipinski definition) is 0. The van der Waals surface area contributed by atoms with Crippen LogP contribution in [0, 0.1) is 0 Å². The lowest BCUT2D eigenvalue weighted by molar-refractivity contribution is 0.0572. The van der Waals surface area contributed by atoms with Crippen LogP contribution in [0.1, 0.15) is 47.2 Å². The Bertz CT molecular complexity index is 729. The van der Waals surface area contributed by atoms with Crippen LogP contribution in [0.2, 0.25) is 0 Å². The van der Waals surface area contributed by atoms with Crippen molar-refractivity contribution >= 4 is 5.91 Å². The third-order valence-electron chi connectivity index (χ3n) is 5.93. The molecule has 1 amide bonds. The number of piperazine rings is 1. The van der Waals surface area contributed by atoms with E-state index in [1.807, 2.05) is 24.3 Å². The van der Waals surface area contributed by atoms with E-state index in [2.05, 4.69) is 40.1 Å². The third-order valence-corrected chi connectivity index (χ3v) is 5.93. The van der Waals surface area contributed by atoms with Gasteiger partial charge in [-0.05, 0) is 36.5 Å². The second kappa shape index (κ2) is 8.05. The second-order valence-corrected chi connectivity index (χ2v) is 7.59. The molecule has 136 valence electrons. The topological polar surface area (TPSA) is 23.6 Å². The van der Waals surface area contributed by atoms with E-state index in [1.165, 1.54) is 31.2 Å². The number of amides is 1. The average Bonchev–Trinajstić information content (AvgIpc) is 3.24. The molecule has 1 aliphatic carbocycles. The van der Waals surface area contributed by atoms with E-state index in [0.717, 1.165) is 49.8 Å². The minimum atomic E-state index is 0.197. The smallest absolute Gasteiger partial charge is 0.254 e. The first-order valence-electron chi connectivity index (χ1n) is 9.96. The number of rotatable bonds is 4. The summed E-state index contributed by atoms with van der Waals surface area (Å²) in [6.45, 7) is 3.76. The van der Waals surface area contributed by atoms with Crippen molar-refractivity contribution in [3.63, 3.8) is 0 Å². The molecule has 0 radical (unpaired) electrons. The minimum absolute atomic E-state index is 0.197. The van der Waals surface area contributed by atoms with Gasteiger partial charge in [0.25, 0.3) is 5.91 Å². The molecule has 1 aliphatic heterocycles. The van der Waals surface area contributed by atoms with E-state index in [9.17, 15) is 4.79 Å². The van der Waals surface area contributed by atoms with Crippen molar-refractivity contribution in [3.05, 3.63) is 71.3 Å². The largest absolute Gasteiger partial charge is 0.336 e. The van der Waals surface area contributed by atoms with Gasteiger partial charge in [-0.15, -0.1) is 0 Å². The molecule has 0 N–H and O–H groups in total. The molecule has 3 nitrogen and oxygen atoms in total. The van der Waals surface area contributed by atoms with Gasteiger partial charge >= 0.3 is 0 Å². The summed E-state index contributed by atoms with van der Waals surface area (Å²) < 4.78 is 0. The standard InChI is InChI=1S/C23H28N2O/c26-23(25-16-14-24(15-17-25)21-11-5-6-12-21)22-13-7-4-10-20(22)18-19-8-2-1-3-9-19/h1-4,7-10,13,21H,5-6,11-12,14-18H2. The van der Waals surface area contributed by atoms with Gasteiger partial charge < -0.3 is 4.90 Å². The number of carbonyl (C=O) groups is 1. The molecule has 3 heteroatoms. The maximum Gasteiger partial charge on any atom is 0.254 e.